The van der Waals surface area contributed by atoms with Gasteiger partial charge in [0, 0.05) is 21.5 Å². The molecule has 0 radical (unpaired) electrons. The summed E-state index contributed by atoms with van der Waals surface area (Å²) in [5.41, 5.74) is -1.74. The Balaban J connectivity index is 1.80. The van der Waals surface area contributed by atoms with Gasteiger partial charge in [0.1, 0.15) is 10.7 Å². The summed E-state index contributed by atoms with van der Waals surface area (Å²) >= 11 is 2.39. The second kappa shape index (κ2) is 7.26. The first-order valence-electron chi connectivity index (χ1n) is 10.0. The lowest BCUT2D eigenvalue weighted by molar-refractivity contribution is -0.138. The molecule has 12 heteroatoms. The number of benzene rings is 2. The number of thiophene rings is 2. The zero-order chi connectivity index (χ0) is 25.6. The molecule has 0 bridgehead atoms. The highest BCUT2D eigenvalue weighted by Crippen LogP contribution is 2.48. The molecule has 0 unspecified atom stereocenters. The molecule has 2 aromatic heterocycles. The Morgan fingerprint density at radius 2 is 0.972 bits per heavy atom. The molecule has 0 aliphatic carbocycles. The maximum absolute atomic E-state index is 13.3. The predicted octanol–water partition coefficient (Wildman–Crippen LogP) is 7.25. The van der Waals surface area contributed by atoms with Crippen molar-refractivity contribution in [2.24, 2.45) is 9.98 Å². The Labute approximate surface area is 203 Å². The van der Waals surface area contributed by atoms with Gasteiger partial charge in [0.25, 0.3) is 0 Å². The molecular formula is C24H6F6N4S2. The Hall–Kier alpha value is -4.00. The maximum Gasteiger partial charge on any atom is 0.416 e. The quantitative estimate of drug-likeness (QED) is 0.154. The summed E-state index contributed by atoms with van der Waals surface area (Å²) in [6.07, 6.45) is -5.85. The van der Waals surface area contributed by atoms with Gasteiger partial charge in [-0.3, -0.25) is 0 Å². The van der Waals surface area contributed by atoms with Gasteiger partial charge in [0.05, 0.1) is 29.9 Å². The van der Waals surface area contributed by atoms with Crippen molar-refractivity contribution in [3.63, 3.8) is 0 Å². The summed E-state index contributed by atoms with van der Waals surface area (Å²) in [6, 6.07) is 6.51. The second-order valence-corrected chi connectivity index (χ2v) is 9.95. The van der Waals surface area contributed by atoms with Crippen LogP contribution in [-0.2, 0) is 12.4 Å². The summed E-state index contributed by atoms with van der Waals surface area (Å²) in [4.78, 5) is 7.61. The zero-order valence-corrected chi connectivity index (χ0v) is 19.0. The number of nitriles is 2. The molecule has 0 saturated heterocycles. The minimum absolute atomic E-state index is 0.118. The van der Waals surface area contributed by atoms with Gasteiger partial charge in [0.15, 0.2) is 0 Å². The lowest BCUT2D eigenvalue weighted by Crippen LogP contribution is -2.05. The van der Waals surface area contributed by atoms with E-state index in [0.29, 0.717) is 40.3 Å². The number of hydrogen-bond donors (Lipinski definition) is 0. The van der Waals surface area contributed by atoms with Crippen LogP contribution in [0.4, 0.5) is 26.3 Å². The van der Waals surface area contributed by atoms with Crippen molar-refractivity contribution in [2.45, 2.75) is 12.4 Å². The van der Waals surface area contributed by atoms with Crippen molar-refractivity contribution in [1.82, 2.24) is 0 Å². The standard InChI is InChI=1S/C24H6F6N4S2/c25-23(26,27)9-1-3-11-13(5-9)17(33-7-31)19-15(11)21-22(35-19)16-12-4-2-10(24(28,29)30)6-14(12)18(34-8-32)20(16)36-21/h1-6H/b33-17+,34-18+. The topological polar surface area (TPSA) is 72.3 Å². The van der Waals surface area contributed by atoms with Gasteiger partial charge in [-0.1, -0.05) is 12.1 Å². The van der Waals surface area contributed by atoms with Crippen molar-refractivity contribution in [2.75, 3.05) is 0 Å². The number of fused-ring (bicyclic) bond motifs is 9. The lowest BCUT2D eigenvalue weighted by Gasteiger charge is -2.06. The van der Waals surface area contributed by atoms with E-state index in [1.54, 1.807) is 12.4 Å². The van der Waals surface area contributed by atoms with E-state index in [-0.39, 0.29) is 21.5 Å². The van der Waals surface area contributed by atoms with Gasteiger partial charge in [0.2, 0.25) is 12.4 Å². The number of hydrogen-bond acceptors (Lipinski definition) is 6. The summed E-state index contributed by atoms with van der Waals surface area (Å²) in [5.74, 6) is 0. The molecular weight excluding hydrogens is 522 g/mol. The van der Waals surface area contributed by atoms with Crippen LogP contribution < -0.4 is 10.7 Å². The molecule has 4 aromatic carbocycles. The largest absolute Gasteiger partial charge is 0.416 e. The first-order chi connectivity index (χ1) is 17.0. The maximum atomic E-state index is 13.3. The minimum Gasteiger partial charge on any atom is -0.172 e. The van der Waals surface area contributed by atoms with Gasteiger partial charge in [-0.05, 0) is 35.0 Å². The molecule has 6 rings (SSSR count). The van der Waals surface area contributed by atoms with Gasteiger partial charge < -0.3 is 0 Å². The van der Waals surface area contributed by atoms with E-state index < -0.39 is 23.5 Å². The van der Waals surface area contributed by atoms with E-state index in [2.05, 4.69) is 9.98 Å². The van der Waals surface area contributed by atoms with E-state index in [1.807, 2.05) is 0 Å². The molecule has 36 heavy (non-hydrogen) atoms. The summed E-state index contributed by atoms with van der Waals surface area (Å²) < 4.78 is 82.4. The van der Waals surface area contributed by atoms with Crippen LogP contribution in [-0.4, -0.2) is 0 Å². The van der Waals surface area contributed by atoms with Crippen molar-refractivity contribution in [3.8, 4) is 12.4 Å². The summed E-state index contributed by atoms with van der Waals surface area (Å²) in [7, 11) is 0. The van der Waals surface area contributed by atoms with Crippen LogP contribution in [0.1, 0.15) is 11.1 Å². The number of rotatable bonds is 0. The first-order valence-corrected chi connectivity index (χ1v) is 11.7. The second-order valence-electron chi connectivity index (χ2n) is 7.91. The van der Waals surface area contributed by atoms with E-state index >= 15 is 0 Å². The number of halogens is 6. The molecule has 2 heterocycles. The van der Waals surface area contributed by atoms with Gasteiger partial charge >= 0.3 is 12.4 Å². The fourth-order valence-corrected chi connectivity index (χ4v) is 7.53. The molecule has 0 saturated carbocycles. The van der Waals surface area contributed by atoms with Crippen LogP contribution in [0.3, 0.4) is 0 Å². The molecule has 4 nitrogen and oxygen atoms in total. The fourth-order valence-electron chi connectivity index (χ4n) is 4.59. The highest BCUT2D eigenvalue weighted by Gasteiger charge is 2.33. The Morgan fingerprint density at radius 1 is 0.583 bits per heavy atom. The Kier molecular flexibility index (Phi) is 4.53. The molecule has 0 fully saturated rings. The third-order valence-electron chi connectivity index (χ3n) is 6.02. The van der Waals surface area contributed by atoms with Gasteiger partial charge in [-0.2, -0.15) is 46.9 Å². The lowest BCUT2D eigenvalue weighted by atomic mass is 10.1. The monoisotopic (exact) mass is 528 g/mol. The molecule has 0 aliphatic rings. The Bertz CT molecular complexity index is 1950. The Morgan fingerprint density at radius 3 is 1.31 bits per heavy atom. The van der Waals surface area contributed by atoms with Crippen molar-refractivity contribution < 1.29 is 26.3 Å². The predicted molar refractivity (Wildman–Crippen MR) is 124 cm³/mol. The smallest absolute Gasteiger partial charge is 0.172 e. The van der Waals surface area contributed by atoms with E-state index in [0.717, 1.165) is 24.3 Å². The van der Waals surface area contributed by atoms with Gasteiger partial charge in [-0.25, -0.2) is 0 Å². The molecule has 6 aromatic rings. The molecule has 176 valence electrons. The highest BCUT2D eigenvalue weighted by molar-refractivity contribution is 7.37. The van der Waals surface area contributed by atoms with Crippen LogP contribution in [0.5, 0.6) is 0 Å². The molecule has 0 amide bonds. The van der Waals surface area contributed by atoms with Crippen LogP contribution in [0.25, 0.3) is 51.1 Å². The SMILES string of the molecule is N#C/N=c1\c2cc(C(F)(F)F)ccc2c2c1sc1c2sc2/c(=N/C#N)c3cc(C(F)(F)F)ccc3c21. The van der Waals surface area contributed by atoms with Crippen LogP contribution >= 0.6 is 22.7 Å². The van der Waals surface area contributed by atoms with E-state index in [9.17, 15) is 36.9 Å². The van der Waals surface area contributed by atoms with Crippen molar-refractivity contribution in [1.29, 1.82) is 10.5 Å². The third-order valence-corrected chi connectivity index (χ3v) is 8.58. The average Bonchev–Trinajstić information content (AvgIpc) is 3.50. The normalized spacial score (nSPS) is 14.1. The molecule has 0 N–H and O–H groups in total. The molecule has 0 spiro atoms. The van der Waals surface area contributed by atoms with Crippen LogP contribution in [0.15, 0.2) is 46.4 Å². The summed E-state index contributed by atoms with van der Waals surface area (Å²) in [5, 5.41) is 21.2. The van der Waals surface area contributed by atoms with Crippen molar-refractivity contribution >= 4 is 73.8 Å². The summed E-state index contributed by atoms with van der Waals surface area (Å²) in [6.45, 7) is 0. The van der Waals surface area contributed by atoms with Crippen molar-refractivity contribution in [3.05, 3.63) is 58.2 Å². The van der Waals surface area contributed by atoms with Crippen LogP contribution in [0.2, 0.25) is 0 Å². The third kappa shape index (κ3) is 2.98. The average molecular weight is 528 g/mol. The van der Waals surface area contributed by atoms with Gasteiger partial charge in [-0.15, -0.1) is 22.7 Å². The molecule has 0 atom stereocenters. The highest BCUT2D eigenvalue weighted by atomic mass is 32.1. The minimum atomic E-state index is -4.58. The first kappa shape index (κ1) is 22.5. The molecule has 0 aliphatic heterocycles. The number of nitrogens with zero attached hydrogens (tertiary/aromatic N) is 4. The van der Waals surface area contributed by atoms with E-state index in [1.165, 1.54) is 34.8 Å². The zero-order valence-electron chi connectivity index (χ0n) is 17.3. The van der Waals surface area contributed by atoms with Crippen LogP contribution in [0, 0.1) is 22.9 Å². The number of alkyl halides is 6. The fraction of sp³-hybridized carbons (Fsp3) is 0.0833. The van der Waals surface area contributed by atoms with E-state index in [4.69, 9.17) is 0 Å².